The summed E-state index contributed by atoms with van der Waals surface area (Å²) in [6.45, 7) is 3.47. The van der Waals surface area contributed by atoms with Gasteiger partial charge in [0.1, 0.15) is 0 Å². The molecule has 0 spiro atoms. The summed E-state index contributed by atoms with van der Waals surface area (Å²) in [5, 5.41) is 20.4. The fourth-order valence-corrected chi connectivity index (χ4v) is 1.45. The van der Waals surface area contributed by atoms with Crippen LogP contribution in [0.1, 0.15) is 20.3 Å². The van der Waals surface area contributed by atoms with E-state index < -0.39 is 23.4 Å². The van der Waals surface area contributed by atoms with Crippen molar-refractivity contribution < 1.29 is 19.8 Å². The quantitative estimate of drug-likeness (QED) is 0.600. The highest BCUT2D eigenvalue weighted by Gasteiger charge is 2.39. The molecular formula is C9H13NO4. The average molecular weight is 199 g/mol. The molecule has 5 heteroatoms. The Morgan fingerprint density at radius 2 is 2.07 bits per heavy atom. The molecule has 1 aliphatic heterocycles. The summed E-state index contributed by atoms with van der Waals surface area (Å²) < 4.78 is 0. The number of hydrogen-bond acceptors (Lipinski definition) is 3. The van der Waals surface area contributed by atoms with Crippen molar-refractivity contribution >= 4 is 11.9 Å². The summed E-state index contributed by atoms with van der Waals surface area (Å²) in [6.07, 6.45) is 1.44. The van der Waals surface area contributed by atoms with E-state index in [2.05, 4.69) is 5.32 Å². The Balaban J connectivity index is 2.93. The largest absolute Gasteiger partial charge is 0.481 e. The van der Waals surface area contributed by atoms with Crippen LogP contribution in [0.25, 0.3) is 0 Å². The Hall–Kier alpha value is -1.52. The number of carboxylic acid groups (broad SMARTS) is 2. The van der Waals surface area contributed by atoms with Crippen LogP contribution in [0.3, 0.4) is 0 Å². The second-order valence-electron chi connectivity index (χ2n) is 3.94. The van der Waals surface area contributed by atoms with Crippen molar-refractivity contribution in [1.82, 2.24) is 5.32 Å². The third kappa shape index (κ3) is 1.86. The van der Waals surface area contributed by atoms with Gasteiger partial charge in [-0.15, -0.1) is 0 Å². The number of carbonyl (C=O) groups is 2. The standard InChI is InChI=1S/C9H13NO4/c1-9(2)6(8(13)14)3-5(4-10-9)7(11)12/h4,6,10H,3H2,1-2H3,(H,11,12)(H,13,14). The van der Waals surface area contributed by atoms with Gasteiger partial charge in [-0.2, -0.15) is 0 Å². The highest BCUT2D eigenvalue weighted by molar-refractivity contribution is 5.88. The summed E-state index contributed by atoms with van der Waals surface area (Å²) in [7, 11) is 0. The highest BCUT2D eigenvalue weighted by atomic mass is 16.4. The lowest BCUT2D eigenvalue weighted by Crippen LogP contribution is -2.50. The van der Waals surface area contributed by atoms with Crippen LogP contribution in [0.4, 0.5) is 0 Å². The van der Waals surface area contributed by atoms with Crippen molar-refractivity contribution in [1.29, 1.82) is 0 Å². The van der Waals surface area contributed by atoms with Crippen molar-refractivity contribution in [2.75, 3.05) is 0 Å². The first-order chi connectivity index (χ1) is 6.34. The van der Waals surface area contributed by atoms with Crippen LogP contribution in [-0.2, 0) is 9.59 Å². The molecule has 0 saturated heterocycles. The molecule has 5 nitrogen and oxygen atoms in total. The minimum atomic E-state index is -1.07. The number of rotatable bonds is 2. The molecule has 0 amide bonds. The predicted octanol–water partition coefficient (Wildman–Crippen LogP) is 0.428. The van der Waals surface area contributed by atoms with Crippen molar-refractivity contribution in [3.05, 3.63) is 11.8 Å². The van der Waals surface area contributed by atoms with Gasteiger partial charge >= 0.3 is 11.9 Å². The number of carboxylic acids is 2. The van der Waals surface area contributed by atoms with Crippen LogP contribution in [0, 0.1) is 5.92 Å². The van der Waals surface area contributed by atoms with Crippen LogP contribution in [-0.4, -0.2) is 27.7 Å². The van der Waals surface area contributed by atoms with E-state index in [1.165, 1.54) is 6.20 Å². The van der Waals surface area contributed by atoms with Crippen LogP contribution < -0.4 is 5.32 Å². The Morgan fingerprint density at radius 1 is 1.50 bits per heavy atom. The van der Waals surface area contributed by atoms with E-state index in [1.54, 1.807) is 13.8 Å². The minimum Gasteiger partial charge on any atom is -0.481 e. The summed E-state index contributed by atoms with van der Waals surface area (Å²) in [4.78, 5) is 21.5. The monoisotopic (exact) mass is 199 g/mol. The maximum atomic E-state index is 10.9. The molecule has 0 fully saturated rings. The van der Waals surface area contributed by atoms with Crippen molar-refractivity contribution in [3.63, 3.8) is 0 Å². The first-order valence-corrected chi connectivity index (χ1v) is 4.27. The summed E-state index contributed by atoms with van der Waals surface area (Å²) in [6, 6.07) is 0. The smallest absolute Gasteiger partial charge is 0.333 e. The van der Waals surface area contributed by atoms with Crippen LogP contribution >= 0.6 is 0 Å². The molecule has 0 aliphatic carbocycles. The van der Waals surface area contributed by atoms with Crippen LogP contribution in [0.5, 0.6) is 0 Å². The van der Waals surface area contributed by atoms with Gasteiger partial charge in [0.2, 0.25) is 0 Å². The van der Waals surface area contributed by atoms with Gasteiger partial charge in [-0.1, -0.05) is 0 Å². The highest BCUT2D eigenvalue weighted by Crippen LogP contribution is 2.28. The molecule has 0 radical (unpaired) electrons. The van der Waals surface area contributed by atoms with Gasteiger partial charge in [0.05, 0.1) is 11.5 Å². The van der Waals surface area contributed by atoms with Gasteiger partial charge in [-0.3, -0.25) is 4.79 Å². The second kappa shape index (κ2) is 3.32. The molecular weight excluding hydrogens is 186 g/mol. The van der Waals surface area contributed by atoms with E-state index in [-0.39, 0.29) is 12.0 Å². The van der Waals surface area contributed by atoms with Gasteiger partial charge < -0.3 is 15.5 Å². The SMILES string of the molecule is CC1(C)NC=C(C(=O)O)CC1C(=O)O. The van der Waals surface area contributed by atoms with E-state index in [0.717, 1.165) is 0 Å². The topological polar surface area (TPSA) is 86.6 Å². The first kappa shape index (κ1) is 10.6. The first-order valence-electron chi connectivity index (χ1n) is 4.27. The zero-order chi connectivity index (χ0) is 10.9. The Labute approximate surface area is 81.4 Å². The molecule has 0 saturated carbocycles. The Bertz CT molecular complexity index is 306. The lowest BCUT2D eigenvalue weighted by molar-refractivity contribution is -0.144. The Morgan fingerprint density at radius 3 is 2.50 bits per heavy atom. The molecule has 14 heavy (non-hydrogen) atoms. The maximum Gasteiger partial charge on any atom is 0.333 e. The number of aliphatic carboxylic acids is 2. The van der Waals surface area contributed by atoms with Gasteiger partial charge in [-0.25, -0.2) is 4.79 Å². The van der Waals surface area contributed by atoms with E-state index in [0.29, 0.717) is 0 Å². The van der Waals surface area contributed by atoms with E-state index in [1.807, 2.05) is 0 Å². The maximum absolute atomic E-state index is 10.9. The zero-order valence-electron chi connectivity index (χ0n) is 8.07. The number of nitrogens with one attached hydrogen (secondary N) is 1. The third-order valence-electron chi connectivity index (χ3n) is 2.49. The van der Waals surface area contributed by atoms with Gasteiger partial charge in [0.25, 0.3) is 0 Å². The normalized spacial score (nSPS) is 24.7. The molecule has 78 valence electrons. The molecule has 0 aromatic rings. The summed E-state index contributed by atoms with van der Waals surface area (Å²) >= 11 is 0. The molecule has 0 aromatic heterocycles. The molecule has 1 rings (SSSR count). The van der Waals surface area contributed by atoms with Crippen molar-refractivity contribution in [2.24, 2.45) is 5.92 Å². The van der Waals surface area contributed by atoms with Crippen molar-refractivity contribution in [3.8, 4) is 0 Å². The molecule has 1 atom stereocenters. The minimum absolute atomic E-state index is 0.0602. The molecule has 1 heterocycles. The molecule has 1 unspecified atom stereocenters. The molecule has 0 aromatic carbocycles. The van der Waals surface area contributed by atoms with E-state index in [4.69, 9.17) is 10.2 Å². The fraction of sp³-hybridized carbons (Fsp3) is 0.556. The molecule has 0 bridgehead atoms. The fourth-order valence-electron chi connectivity index (χ4n) is 1.45. The van der Waals surface area contributed by atoms with Gasteiger partial charge in [-0.05, 0) is 20.3 Å². The van der Waals surface area contributed by atoms with Crippen LogP contribution in [0.15, 0.2) is 11.8 Å². The summed E-state index contributed by atoms with van der Waals surface area (Å²) in [5.74, 6) is -2.76. The lowest BCUT2D eigenvalue weighted by Gasteiger charge is -2.35. The number of hydrogen-bond donors (Lipinski definition) is 3. The van der Waals surface area contributed by atoms with Crippen molar-refractivity contribution in [2.45, 2.75) is 25.8 Å². The van der Waals surface area contributed by atoms with Gasteiger partial charge in [0, 0.05) is 11.7 Å². The second-order valence-corrected chi connectivity index (χ2v) is 3.94. The average Bonchev–Trinajstić information content (AvgIpc) is 2.02. The van der Waals surface area contributed by atoms with Gasteiger partial charge in [0.15, 0.2) is 0 Å². The Kier molecular flexibility index (Phi) is 2.51. The molecule has 3 N–H and O–H groups in total. The molecule has 1 aliphatic rings. The lowest BCUT2D eigenvalue weighted by atomic mass is 9.80. The predicted molar refractivity (Wildman–Crippen MR) is 48.7 cm³/mol. The van der Waals surface area contributed by atoms with E-state index >= 15 is 0 Å². The summed E-state index contributed by atoms with van der Waals surface area (Å²) in [5.41, 5.74) is -0.498. The van der Waals surface area contributed by atoms with Crippen LogP contribution in [0.2, 0.25) is 0 Å². The zero-order valence-corrected chi connectivity index (χ0v) is 8.07. The van der Waals surface area contributed by atoms with E-state index in [9.17, 15) is 9.59 Å². The third-order valence-corrected chi connectivity index (χ3v) is 2.49.